The zero-order chi connectivity index (χ0) is 36.1. The summed E-state index contributed by atoms with van der Waals surface area (Å²) >= 11 is 0. The molecule has 3 saturated heterocycles. The lowest BCUT2D eigenvalue weighted by molar-refractivity contribution is -0.136. The molecular formula is C39H44N8O6. The van der Waals surface area contributed by atoms with Crippen LogP contribution in [0.1, 0.15) is 59.2 Å². The summed E-state index contributed by atoms with van der Waals surface area (Å²) in [6.07, 6.45) is 7.29. The maximum atomic E-state index is 13.1. The Morgan fingerprint density at radius 2 is 1.57 bits per heavy atom. The van der Waals surface area contributed by atoms with Crippen LogP contribution < -0.4 is 15.0 Å². The van der Waals surface area contributed by atoms with E-state index in [4.69, 9.17) is 19.4 Å². The molecule has 1 atom stereocenters. The smallest absolute Gasteiger partial charge is 0.262 e. The summed E-state index contributed by atoms with van der Waals surface area (Å²) in [6, 6.07) is 14.1. The van der Waals surface area contributed by atoms with Crippen molar-refractivity contribution in [3.05, 3.63) is 65.9 Å². The molecule has 1 saturated carbocycles. The lowest BCUT2D eigenvalue weighted by atomic mass is 9.81. The van der Waals surface area contributed by atoms with Gasteiger partial charge in [-0.25, -0.2) is 4.98 Å². The highest BCUT2D eigenvalue weighted by molar-refractivity contribution is 6.23. The van der Waals surface area contributed by atoms with E-state index in [9.17, 15) is 19.2 Å². The van der Waals surface area contributed by atoms with E-state index in [0.717, 1.165) is 106 Å². The van der Waals surface area contributed by atoms with Gasteiger partial charge in [0.05, 0.1) is 34.4 Å². The third-order valence-corrected chi connectivity index (χ3v) is 11.6. The van der Waals surface area contributed by atoms with Crippen molar-refractivity contribution in [3.8, 4) is 5.75 Å². The van der Waals surface area contributed by atoms with Gasteiger partial charge in [0.1, 0.15) is 24.2 Å². The van der Waals surface area contributed by atoms with E-state index in [1.807, 2.05) is 18.2 Å². The summed E-state index contributed by atoms with van der Waals surface area (Å²) in [6.45, 7) is 8.25. The highest BCUT2D eigenvalue weighted by atomic mass is 16.5. The first-order valence-electron chi connectivity index (χ1n) is 18.9. The molecule has 53 heavy (non-hydrogen) atoms. The molecular weight excluding hydrogens is 676 g/mol. The number of piperidine rings is 2. The Morgan fingerprint density at radius 3 is 2.38 bits per heavy atom. The number of hydrogen-bond acceptors (Lipinski definition) is 11. The molecule has 2 aromatic carbocycles. The Balaban J connectivity index is 0.665. The highest BCUT2D eigenvalue weighted by Crippen LogP contribution is 2.34. The van der Waals surface area contributed by atoms with Crippen molar-refractivity contribution in [2.45, 2.75) is 56.8 Å². The Kier molecular flexibility index (Phi) is 9.04. The van der Waals surface area contributed by atoms with Crippen LogP contribution in [0.3, 0.4) is 0 Å². The standard InChI is InChI=1S/C39H44N8O6/c48-35-8-7-33(36(49)42-35)47-37(50)29-6-5-27(23-30(29)38(47)51)52-20-19-43-15-17-44(18-16-43)24-25-21-28(22-25)53-26-9-12-45(13-10-26)34-11-14-46-32-4-2-1-3-31(32)40-39(46)41-34/h1-6,11,14,23,25-26,28,33H,7-10,12-13,15-22,24H2,(H,42,48,49)/t25-,28-,33?. The first kappa shape index (κ1) is 33.9. The number of nitrogens with one attached hydrogen (secondary N) is 1. The Morgan fingerprint density at radius 1 is 0.792 bits per heavy atom. The fourth-order valence-corrected chi connectivity index (χ4v) is 8.54. The van der Waals surface area contributed by atoms with E-state index < -0.39 is 29.7 Å². The van der Waals surface area contributed by atoms with Gasteiger partial charge in [-0.15, -0.1) is 0 Å². The van der Waals surface area contributed by atoms with Crippen LogP contribution in [-0.2, 0) is 14.3 Å². The normalized spacial score (nSPS) is 24.6. The molecule has 14 heteroatoms. The summed E-state index contributed by atoms with van der Waals surface area (Å²) in [5, 5.41) is 2.22. The van der Waals surface area contributed by atoms with E-state index in [0.29, 0.717) is 30.5 Å². The highest BCUT2D eigenvalue weighted by Gasteiger charge is 2.45. The molecule has 14 nitrogen and oxygen atoms in total. The number of piperazine rings is 1. The molecule has 1 aliphatic carbocycles. The van der Waals surface area contributed by atoms with Crippen LogP contribution in [0.5, 0.6) is 5.75 Å². The van der Waals surface area contributed by atoms with Crippen LogP contribution in [0, 0.1) is 5.92 Å². The number of fused-ring (bicyclic) bond motifs is 4. The Bertz CT molecular complexity index is 2060. The summed E-state index contributed by atoms with van der Waals surface area (Å²) in [5.41, 5.74) is 2.52. The molecule has 4 amide bonds. The van der Waals surface area contributed by atoms with Crippen LogP contribution >= 0.6 is 0 Å². The number of aromatic nitrogens is 3. The zero-order valence-corrected chi connectivity index (χ0v) is 29.7. The third-order valence-electron chi connectivity index (χ3n) is 11.6. The molecule has 9 rings (SSSR count). The predicted octanol–water partition coefficient (Wildman–Crippen LogP) is 2.74. The molecule has 2 aromatic heterocycles. The van der Waals surface area contributed by atoms with Gasteiger partial charge in [-0.2, -0.15) is 4.98 Å². The van der Waals surface area contributed by atoms with Crippen molar-refractivity contribution in [2.75, 3.05) is 63.9 Å². The quantitative estimate of drug-likeness (QED) is 0.242. The summed E-state index contributed by atoms with van der Waals surface area (Å²) < 4.78 is 14.6. The van der Waals surface area contributed by atoms with Gasteiger partial charge in [0.25, 0.3) is 11.8 Å². The van der Waals surface area contributed by atoms with Crippen molar-refractivity contribution >= 4 is 46.3 Å². The van der Waals surface area contributed by atoms with E-state index in [1.54, 1.807) is 18.2 Å². The molecule has 276 valence electrons. The minimum absolute atomic E-state index is 0.0899. The number of carbonyl (C=O) groups excluding carboxylic acids is 4. The first-order chi connectivity index (χ1) is 25.9. The van der Waals surface area contributed by atoms with Crippen molar-refractivity contribution in [3.63, 3.8) is 0 Å². The van der Waals surface area contributed by atoms with Gasteiger partial charge in [-0.3, -0.25) is 38.7 Å². The number of hydrogen-bond donors (Lipinski definition) is 1. The van der Waals surface area contributed by atoms with E-state index in [2.05, 4.69) is 42.7 Å². The number of para-hydroxylation sites is 2. The van der Waals surface area contributed by atoms with Gasteiger partial charge in [0, 0.05) is 65.0 Å². The Labute approximate surface area is 307 Å². The average Bonchev–Trinajstić information content (AvgIpc) is 3.65. The number of nitrogens with zero attached hydrogens (tertiary/aromatic N) is 7. The number of rotatable bonds is 10. The molecule has 4 aromatic rings. The van der Waals surface area contributed by atoms with Gasteiger partial charge < -0.3 is 19.3 Å². The van der Waals surface area contributed by atoms with E-state index >= 15 is 0 Å². The molecule has 4 aliphatic heterocycles. The van der Waals surface area contributed by atoms with Crippen molar-refractivity contribution in [1.29, 1.82) is 0 Å². The summed E-state index contributed by atoms with van der Waals surface area (Å²) in [4.78, 5) is 67.8. The number of carbonyl (C=O) groups is 4. The number of ether oxygens (including phenoxy) is 2. The fraction of sp³-hybridized carbons (Fsp3) is 0.487. The number of imidazole rings is 1. The van der Waals surface area contributed by atoms with E-state index in [1.165, 1.54) is 0 Å². The van der Waals surface area contributed by atoms with Crippen LogP contribution in [0.2, 0.25) is 0 Å². The van der Waals surface area contributed by atoms with Gasteiger partial charge in [0.15, 0.2) is 0 Å². The average molecular weight is 721 g/mol. The molecule has 1 N–H and O–H groups in total. The maximum Gasteiger partial charge on any atom is 0.262 e. The number of anilines is 1. The van der Waals surface area contributed by atoms with Gasteiger partial charge in [-0.05, 0) is 74.4 Å². The molecule has 4 fully saturated rings. The second-order valence-electron chi connectivity index (χ2n) is 15.0. The monoisotopic (exact) mass is 720 g/mol. The Hall–Kier alpha value is -4.92. The number of benzene rings is 2. The molecule has 0 radical (unpaired) electrons. The topological polar surface area (TPSA) is 142 Å². The maximum absolute atomic E-state index is 13.1. The van der Waals surface area contributed by atoms with Crippen LogP contribution in [0.15, 0.2) is 54.7 Å². The largest absolute Gasteiger partial charge is 0.492 e. The van der Waals surface area contributed by atoms with Crippen molar-refractivity contribution in [1.82, 2.24) is 34.4 Å². The van der Waals surface area contributed by atoms with E-state index in [-0.39, 0.29) is 24.0 Å². The van der Waals surface area contributed by atoms with Crippen molar-refractivity contribution < 1.29 is 28.7 Å². The predicted molar refractivity (Wildman–Crippen MR) is 195 cm³/mol. The summed E-state index contributed by atoms with van der Waals surface area (Å²) in [5.74, 6) is 0.878. The second-order valence-corrected chi connectivity index (χ2v) is 15.0. The SMILES string of the molecule is O=C1CCC(N2C(=O)c3ccc(OCCN4CCN(C[C@H]5C[C@H](OC6CCN(c7ccn8c(n7)nc7ccccc78)CC6)C5)CC4)cc3C2=O)C(=O)N1. The molecule has 5 aliphatic rings. The third kappa shape index (κ3) is 6.75. The van der Waals surface area contributed by atoms with Crippen LogP contribution in [0.25, 0.3) is 16.8 Å². The number of amides is 4. The number of imide groups is 2. The second kappa shape index (κ2) is 14.1. The first-order valence-corrected chi connectivity index (χ1v) is 18.9. The molecule has 6 heterocycles. The molecule has 0 bridgehead atoms. The van der Waals surface area contributed by atoms with Crippen LogP contribution in [-0.4, -0.2) is 130 Å². The molecule has 0 spiro atoms. The summed E-state index contributed by atoms with van der Waals surface area (Å²) in [7, 11) is 0. The van der Waals surface area contributed by atoms with Gasteiger partial charge in [0.2, 0.25) is 17.6 Å². The van der Waals surface area contributed by atoms with Crippen LogP contribution in [0.4, 0.5) is 5.82 Å². The minimum atomic E-state index is -0.979. The van der Waals surface area contributed by atoms with Gasteiger partial charge in [-0.1, -0.05) is 12.1 Å². The van der Waals surface area contributed by atoms with Gasteiger partial charge >= 0.3 is 0 Å². The lowest BCUT2D eigenvalue weighted by Gasteiger charge is -2.43. The zero-order valence-electron chi connectivity index (χ0n) is 29.7. The van der Waals surface area contributed by atoms with Crippen molar-refractivity contribution in [2.24, 2.45) is 5.92 Å². The fourth-order valence-electron chi connectivity index (χ4n) is 8.54. The minimum Gasteiger partial charge on any atom is -0.492 e. The lowest BCUT2D eigenvalue weighted by Crippen LogP contribution is -2.54. The molecule has 1 unspecified atom stereocenters.